The Morgan fingerprint density at radius 2 is 1.97 bits per heavy atom. The highest BCUT2D eigenvalue weighted by molar-refractivity contribution is 5.98. The summed E-state index contributed by atoms with van der Waals surface area (Å²) in [5, 5.41) is 9.65. The Labute approximate surface area is 213 Å². The molecule has 2 amide bonds. The molecule has 0 bridgehead atoms. The molecule has 4 rings (SSSR count). The van der Waals surface area contributed by atoms with Crippen molar-refractivity contribution in [1.82, 2.24) is 25.4 Å². The van der Waals surface area contributed by atoms with Crippen molar-refractivity contribution in [3.8, 4) is 5.75 Å². The van der Waals surface area contributed by atoms with E-state index < -0.39 is 11.6 Å². The molecular formula is C27H29F2N5O3. The fourth-order valence-electron chi connectivity index (χ4n) is 3.57. The fraction of sp³-hybridized carbons (Fsp3) is 0.333. The number of benzene rings is 1. The molecule has 0 radical (unpaired) electrons. The quantitative estimate of drug-likeness (QED) is 0.408. The van der Waals surface area contributed by atoms with Gasteiger partial charge in [-0.1, -0.05) is 12.2 Å². The summed E-state index contributed by atoms with van der Waals surface area (Å²) in [6.07, 6.45) is 10.3. The SMILES string of the molecule is CCNC(=O)c1cc(C(=O)N[C@@H](C)C=Cc2cnn(Cc3c(F)cc(OCC4CC4)cc3F)c2)ccn1. The smallest absolute Gasteiger partial charge is 0.269 e. The largest absolute Gasteiger partial charge is 0.493 e. The number of pyridine rings is 1. The summed E-state index contributed by atoms with van der Waals surface area (Å²) in [6, 6.07) is 5.04. The molecule has 0 unspecified atom stereocenters. The summed E-state index contributed by atoms with van der Waals surface area (Å²) >= 11 is 0. The van der Waals surface area contributed by atoms with Crippen LogP contribution in [-0.4, -0.2) is 45.8 Å². The van der Waals surface area contributed by atoms with E-state index in [4.69, 9.17) is 4.74 Å². The van der Waals surface area contributed by atoms with E-state index in [1.165, 1.54) is 35.1 Å². The Bertz CT molecular complexity index is 1280. The number of hydrogen-bond acceptors (Lipinski definition) is 5. The van der Waals surface area contributed by atoms with Gasteiger partial charge in [-0.15, -0.1) is 0 Å². The molecule has 1 aromatic carbocycles. The molecule has 1 fully saturated rings. The third-order valence-electron chi connectivity index (χ3n) is 5.80. The first-order valence-corrected chi connectivity index (χ1v) is 12.2. The minimum Gasteiger partial charge on any atom is -0.493 e. The van der Waals surface area contributed by atoms with Crippen molar-refractivity contribution in [2.75, 3.05) is 13.2 Å². The van der Waals surface area contributed by atoms with Crippen molar-refractivity contribution in [3.63, 3.8) is 0 Å². The third kappa shape index (κ3) is 7.22. The van der Waals surface area contributed by atoms with Crippen molar-refractivity contribution >= 4 is 17.9 Å². The van der Waals surface area contributed by atoms with Crippen molar-refractivity contribution in [2.24, 2.45) is 5.92 Å². The normalized spacial score (nSPS) is 13.9. The highest BCUT2D eigenvalue weighted by Gasteiger charge is 2.22. The Morgan fingerprint density at radius 3 is 2.68 bits per heavy atom. The first kappa shape index (κ1) is 26.0. The van der Waals surface area contributed by atoms with Gasteiger partial charge in [-0.3, -0.25) is 19.3 Å². The molecule has 194 valence electrons. The van der Waals surface area contributed by atoms with E-state index in [1.54, 1.807) is 38.4 Å². The monoisotopic (exact) mass is 509 g/mol. The number of carbonyl (C=O) groups excluding carboxylic acids is 2. The Kier molecular flexibility index (Phi) is 8.27. The van der Waals surface area contributed by atoms with Crippen molar-refractivity contribution in [2.45, 2.75) is 39.3 Å². The van der Waals surface area contributed by atoms with Gasteiger partial charge in [0.1, 0.15) is 23.1 Å². The van der Waals surface area contributed by atoms with E-state index in [2.05, 4.69) is 20.7 Å². The van der Waals surface area contributed by atoms with Crippen LogP contribution in [0, 0.1) is 17.6 Å². The van der Waals surface area contributed by atoms with Crippen LogP contribution in [0.15, 0.2) is 48.9 Å². The zero-order valence-electron chi connectivity index (χ0n) is 20.7. The van der Waals surface area contributed by atoms with Crippen LogP contribution in [0.25, 0.3) is 6.08 Å². The standard InChI is InChI=1S/C27H29F2N5O3/c1-3-30-27(36)25-10-20(8-9-31-25)26(35)33-17(2)4-5-19-13-32-34(14-19)15-22-23(28)11-21(12-24(22)29)37-16-18-6-7-18/h4-5,8-14,17-18H,3,6-7,15-16H2,1-2H3,(H,30,36)(H,33,35)/t17-/m0/s1. The van der Waals surface area contributed by atoms with Gasteiger partial charge in [0.05, 0.1) is 19.3 Å². The van der Waals surface area contributed by atoms with E-state index >= 15 is 0 Å². The number of ether oxygens (including phenoxy) is 1. The first-order valence-electron chi connectivity index (χ1n) is 12.2. The number of hydrogen-bond donors (Lipinski definition) is 2. The lowest BCUT2D eigenvalue weighted by molar-refractivity contribution is 0.0947. The van der Waals surface area contributed by atoms with Gasteiger partial charge in [-0.2, -0.15) is 5.10 Å². The van der Waals surface area contributed by atoms with Crippen LogP contribution in [0.4, 0.5) is 8.78 Å². The Balaban J connectivity index is 1.33. The Morgan fingerprint density at radius 1 is 1.22 bits per heavy atom. The molecule has 3 aromatic rings. The van der Waals surface area contributed by atoms with Gasteiger partial charge in [0.15, 0.2) is 0 Å². The van der Waals surface area contributed by atoms with Crippen LogP contribution in [-0.2, 0) is 6.54 Å². The van der Waals surface area contributed by atoms with E-state index in [0.717, 1.165) is 12.8 Å². The number of nitrogens with one attached hydrogen (secondary N) is 2. The lowest BCUT2D eigenvalue weighted by Crippen LogP contribution is -2.31. The van der Waals surface area contributed by atoms with Crippen LogP contribution in [0.2, 0.25) is 0 Å². The van der Waals surface area contributed by atoms with E-state index in [-0.39, 0.29) is 41.4 Å². The maximum atomic E-state index is 14.5. The topological polar surface area (TPSA) is 98.1 Å². The van der Waals surface area contributed by atoms with Gasteiger partial charge in [0, 0.05) is 53.8 Å². The van der Waals surface area contributed by atoms with Crippen LogP contribution in [0.1, 0.15) is 58.7 Å². The first-order chi connectivity index (χ1) is 17.8. The predicted molar refractivity (Wildman–Crippen MR) is 134 cm³/mol. The van der Waals surface area contributed by atoms with E-state index in [9.17, 15) is 18.4 Å². The van der Waals surface area contributed by atoms with Crippen molar-refractivity contribution < 1.29 is 23.1 Å². The molecule has 1 atom stereocenters. The molecule has 1 aliphatic carbocycles. The number of carbonyl (C=O) groups is 2. The van der Waals surface area contributed by atoms with Crippen LogP contribution >= 0.6 is 0 Å². The summed E-state index contributed by atoms with van der Waals surface area (Å²) in [6.45, 7) is 4.46. The van der Waals surface area contributed by atoms with E-state index in [1.807, 2.05) is 0 Å². The number of aromatic nitrogens is 3. The molecule has 2 heterocycles. The molecule has 0 saturated heterocycles. The summed E-state index contributed by atoms with van der Waals surface area (Å²) in [4.78, 5) is 28.5. The van der Waals surface area contributed by atoms with Gasteiger partial charge < -0.3 is 15.4 Å². The minimum absolute atomic E-state index is 0.0727. The number of amides is 2. The lowest BCUT2D eigenvalue weighted by atomic mass is 10.2. The summed E-state index contributed by atoms with van der Waals surface area (Å²) in [7, 11) is 0. The molecule has 1 saturated carbocycles. The third-order valence-corrected chi connectivity index (χ3v) is 5.80. The lowest BCUT2D eigenvalue weighted by Gasteiger charge is -2.10. The predicted octanol–water partition coefficient (Wildman–Crippen LogP) is 3.97. The number of halogens is 2. The highest BCUT2D eigenvalue weighted by Crippen LogP contribution is 2.30. The van der Waals surface area contributed by atoms with Gasteiger partial charge in [0.25, 0.3) is 11.8 Å². The van der Waals surface area contributed by atoms with Crippen molar-refractivity contribution in [1.29, 1.82) is 0 Å². The second-order valence-electron chi connectivity index (χ2n) is 9.00. The highest BCUT2D eigenvalue weighted by atomic mass is 19.1. The average Bonchev–Trinajstić information content (AvgIpc) is 3.60. The zero-order chi connectivity index (χ0) is 26.4. The van der Waals surface area contributed by atoms with Crippen LogP contribution < -0.4 is 15.4 Å². The molecule has 0 spiro atoms. The van der Waals surface area contributed by atoms with Crippen LogP contribution in [0.3, 0.4) is 0 Å². The average molecular weight is 510 g/mol. The molecule has 2 N–H and O–H groups in total. The molecule has 37 heavy (non-hydrogen) atoms. The molecular weight excluding hydrogens is 480 g/mol. The van der Waals surface area contributed by atoms with E-state index in [0.29, 0.717) is 30.2 Å². The number of rotatable bonds is 11. The molecule has 2 aromatic heterocycles. The zero-order valence-corrected chi connectivity index (χ0v) is 20.7. The molecule has 1 aliphatic rings. The molecule has 8 nitrogen and oxygen atoms in total. The maximum Gasteiger partial charge on any atom is 0.269 e. The summed E-state index contributed by atoms with van der Waals surface area (Å²) < 4.78 is 36.0. The van der Waals surface area contributed by atoms with Gasteiger partial charge >= 0.3 is 0 Å². The molecule has 10 heteroatoms. The molecule has 0 aliphatic heterocycles. The van der Waals surface area contributed by atoms with Gasteiger partial charge in [-0.05, 0) is 44.7 Å². The van der Waals surface area contributed by atoms with Crippen molar-refractivity contribution in [3.05, 3.63) is 83.0 Å². The minimum atomic E-state index is -0.679. The Hall–Kier alpha value is -4.08. The maximum absolute atomic E-state index is 14.5. The summed E-state index contributed by atoms with van der Waals surface area (Å²) in [5.74, 6) is -1.38. The second-order valence-corrected chi connectivity index (χ2v) is 9.00. The fourth-order valence-corrected chi connectivity index (χ4v) is 3.57. The van der Waals surface area contributed by atoms with Crippen LogP contribution in [0.5, 0.6) is 5.75 Å². The summed E-state index contributed by atoms with van der Waals surface area (Å²) in [5.41, 5.74) is 1.09. The number of nitrogens with zero attached hydrogens (tertiary/aromatic N) is 3. The van der Waals surface area contributed by atoms with Gasteiger partial charge in [0.2, 0.25) is 0 Å². The van der Waals surface area contributed by atoms with Gasteiger partial charge in [-0.25, -0.2) is 8.78 Å². The second kappa shape index (κ2) is 11.8.